The molecule has 28 heavy (non-hydrogen) atoms. The van der Waals surface area contributed by atoms with Gasteiger partial charge in [0, 0.05) is 5.56 Å². The highest BCUT2D eigenvalue weighted by Crippen LogP contribution is 2.33. The Morgan fingerprint density at radius 2 is 1.93 bits per heavy atom. The fourth-order valence-corrected chi connectivity index (χ4v) is 4.03. The van der Waals surface area contributed by atoms with Gasteiger partial charge in [-0.25, -0.2) is 9.37 Å². The third-order valence-corrected chi connectivity index (χ3v) is 5.71. The lowest BCUT2D eigenvalue weighted by Gasteiger charge is -2.21. The second kappa shape index (κ2) is 7.59. The van der Waals surface area contributed by atoms with Crippen molar-refractivity contribution in [3.63, 3.8) is 0 Å². The lowest BCUT2D eigenvalue weighted by molar-refractivity contribution is 0.0943. The van der Waals surface area contributed by atoms with E-state index in [0.717, 1.165) is 5.56 Å². The number of fused-ring (bicyclic) bond motifs is 1. The Hall–Kier alpha value is -2.93. The third-order valence-electron chi connectivity index (χ3n) is 4.52. The van der Waals surface area contributed by atoms with Crippen molar-refractivity contribution in [1.82, 2.24) is 10.3 Å². The molecule has 0 saturated carbocycles. The topological polar surface area (TPSA) is 60.5 Å². The van der Waals surface area contributed by atoms with Crippen molar-refractivity contribution >= 4 is 17.2 Å². The number of thiazole rings is 1. The van der Waals surface area contributed by atoms with Crippen LogP contribution in [0.2, 0.25) is 0 Å². The summed E-state index contributed by atoms with van der Waals surface area (Å²) < 4.78 is 25.2. The number of ether oxygens (including phenoxy) is 2. The van der Waals surface area contributed by atoms with Crippen LogP contribution in [0, 0.1) is 12.7 Å². The van der Waals surface area contributed by atoms with Crippen molar-refractivity contribution in [3.8, 4) is 22.1 Å². The highest BCUT2D eigenvalue weighted by atomic mass is 32.1. The third kappa shape index (κ3) is 3.57. The minimum atomic E-state index is -0.354. The van der Waals surface area contributed by atoms with Crippen molar-refractivity contribution in [2.24, 2.45) is 0 Å². The van der Waals surface area contributed by atoms with E-state index in [1.807, 2.05) is 25.1 Å². The Bertz CT molecular complexity index is 1030. The number of hydrogen-bond donors (Lipinski definition) is 1. The molecular weight excluding hydrogens is 379 g/mol. The first kappa shape index (κ1) is 18.4. The van der Waals surface area contributed by atoms with Crippen molar-refractivity contribution in [1.29, 1.82) is 0 Å². The van der Waals surface area contributed by atoms with Gasteiger partial charge in [-0.05, 0) is 43.7 Å². The van der Waals surface area contributed by atoms with Gasteiger partial charge in [-0.2, -0.15) is 0 Å². The Labute approximate surface area is 166 Å². The number of halogens is 1. The van der Waals surface area contributed by atoms with Crippen LogP contribution in [-0.4, -0.2) is 24.1 Å². The average molecular weight is 398 g/mol. The smallest absolute Gasteiger partial charge is 0.263 e. The molecule has 7 heteroatoms. The summed E-state index contributed by atoms with van der Waals surface area (Å²) in [4.78, 5) is 17.6. The largest absolute Gasteiger partial charge is 0.486 e. The second-order valence-electron chi connectivity index (χ2n) is 6.51. The van der Waals surface area contributed by atoms with Crippen molar-refractivity contribution in [2.45, 2.75) is 19.9 Å². The lowest BCUT2D eigenvalue weighted by atomic mass is 10.1. The maximum atomic E-state index is 14.0. The van der Waals surface area contributed by atoms with E-state index in [2.05, 4.69) is 10.3 Å². The minimum Gasteiger partial charge on any atom is -0.486 e. The number of rotatable bonds is 4. The first-order chi connectivity index (χ1) is 13.5. The number of amides is 1. The van der Waals surface area contributed by atoms with Crippen LogP contribution < -0.4 is 14.8 Å². The number of nitrogens with zero attached hydrogens (tertiary/aromatic N) is 1. The maximum absolute atomic E-state index is 14.0. The second-order valence-corrected chi connectivity index (χ2v) is 7.51. The molecule has 0 aliphatic carbocycles. The summed E-state index contributed by atoms with van der Waals surface area (Å²) in [5.41, 5.74) is 1.89. The molecule has 0 fully saturated rings. The van der Waals surface area contributed by atoms with E-state index in [0.29, 0.717) is 45.9 Å². The number of carbonyl (C=O) groups is 1. The molecule has 1 aliphatic rings. The monoisotopic (exact) mass is 398 g/mol. The first-order valence-electron chi connectivity index (χ1n) is 8.95. The Balaban J connectivity index is 1.53. The molecule has 1 amide bonds. The maximum Gasteiger partial charge on any atom is 0.263 e. The molecule has 0 bridgehead atoms. The summed E-state index contributed by atoms with van der Waals surface area (Å²) in [5, 5.41) is 3.47. The quantitative estimate of drug-likeness (QED) is 0.702. The summed E-state index contributed by atoms with van der Waals surface area (Å²) in [7, 11) is 0. The predicted octanol–water partition coefficient (Wildman–Crippen LogP) is 4.52. The van der Waals surface area contributed by atoms with Crippen LogP contribution >= 0.6 is 11.3 Å². The number of nitrogens with one attached hydrogen (secondary N) is 1. The highest BCUT2D eigenvalue weighted by molar-refractivity contribution is 7.17. The van der Waals surface area contributed by atoms with Gasteiger partial charge in [-0.15, -0.1) is 11.3 Å². The summed E-state index contributed by atoms with van der Waals surface area (Å²) >= 11 is 1.19. The molecule has 0 spiro atoms. The van der Waals surface area contributed by atoms with Gasteiger partial charge < -0.3 is 14.8 Å². The summed E-state index contributed by atoms with van der Waals surface area (Å²) in [6.45, 7) is 4.70. The van der Waals surface area contributed by atoms with Crippen molar-refractivity contribution in [3.05, 3.63) is 64.4 Å². The van der Waals surface area contributed by atoms with Gasteiger partial charge in [-0.3, -0.25) is 4.79 Å². The molecule has 2 heterocycles. The molecule has 1 aromatic heterocycles. The Morgan fingerprint density at radius 1 is 1.18 bits per heavy atom. The van der Waals surface area contributed by atoms with E-state index in [-0.39, 0.29) is 17.8 Å². The van der Waals surface area contributed by atoms with Crippen LogP contribution in [0.15, 0.2) is 42.5 Å². The van der Waals surface area contributed by atoms with Crippen LogP contribution in [0.1, 0.15) is 33.9 Å². The van der Waals surface area contributed by atoms with E-state index >= 15 is 0 Å². The van der Waals surface area contributed by atoms with Crippen molar-refractivity contribution < 1.29 is 18.7 Å². The molecule has 1 atom stereocenters. The van der Waals surface area contributed by atoms with Gasteiger partial charge in [0.25, 0.3) is 5.91 Å². The average Bonchev–Trinajstić information content (AvgIpc) is 3.09. The number of benzene rings is 2. The van der Waals surface area contributed by atoms with Gasteiger partial charge in [0.1, 0.15) is 28.9 Å². The molecule has 5 nitrogen and oxygen atoms in total. The van der Waals surface area contributed by atoms with E-state index in [9.17, 15) is 9.18 Å². The highest BCUT2D eigenvalue weighted by Gasteiger charge is 2.21. The summed E-state index contributed by atoms with van der Waals surface area (Å²) in [6, 6.07) is 11.8. The molecule has 1 unspecified atom stereocenters. The van der Waals surface area contributed by atoms with Crippen LogP contribution in [0.3, 0.4) is 0 Å². The van der Waals surface area contributed by atoms with Crippen LogP contribution in [-0.2, 0) is 0 Å². The standard InChI is InChI=1S/C21H19FN2O3S/c1-12(14-7-8-17-18(11-14)27-10-9-26-17)23-20(25)19-13(2)24-21(28-19)15-5-3-4-6-16(15)22/h3-8,11-12H,9-10H2,1-2H3,(H,23,25). The molecule has 0 saturated heterocycles. The van der Waals surface area contributed by atoms with Gasteiger partial charge in [0.15, 0.2) is 11.5 Å². The normalized spacial score (nSPS) is 13.8. The molecule has 0 radical (unpaired) electrons. The predicted molar refractivity (Wildman–Crippen MR) is 106 cm³/mol. The zero-order chi connectivity index (χ0) is 19.7. The van der Waals surface area contributed by atoms with Crippen LogP contribution in [0.25, 0.3) is 10.6 Å². The zero-order valence-corrected chi connectivity index (χ0v) is 16.3. The fourth-order valence-electron chi connectivity index (χ4n) is 3.03. The minimum absolute atomic E-state index is 0.235. The Kier molecular flexibility index (Phi) is 5.00. The van der Waals surface area contributed by atoms with Gasteiger partial charge in [0.05, 0.1) is 11.7 Å². The van der Waals surface area contributed by atoms with Gasteiger partial charge in [-0.1, -0.05) is 18.2 Å². The number of aromatic nitrogens is 1. The van der Waals surface area contributed by atoms with E-state index in [4.69, 9.17) is 9.47 Å². The first-order valence-corrected chi connectivity index (χ1v) is 9.77. The number of carbonyl (C=O) groups excluding carboxylic acids is 1. The number of hydrogen-bond acceptors (Lipinski definition) is 5. The molecule has 4 rings (SSSR count). The molecule has 1 N–H and O–H groups in total. The summed E-state index contributed by atoms with van der Waals surface area (Å²) in [6.07, 6.45) is 0. The zero-order valence-electron chi connectivity index (χ0n) is 15.5. The number of aryl methyl sites for hydroxylation is 1. The van der Waals surface area contributed by atoms with E-state index in [1.165, 1.54) is 17.4 Å². The molecular formula is C21H19FN2O3S. The van der Waals surface area contributed by atoms with Gasteiger partial charge >= 0.3 is 0 Å². The molecule has 3 aromatic rings. The van der Waals surface area contributed by atoms with E-state index < -0.39 is 0 Å². The Morgan fingerprint density at radius 3 is 2.71 bits per heavy atom. The van der Waals surface area contributed by atoms with Crippen LogP contribution in [0.4, 0.5) is 4.39 Å². The molecule has 144 valence electrons. The SMILES string of the molecule is Cc1nc(-c2ccccc2F)sc1C(=O)NC(C)c1ccc2c(c1)OCCO2. The molecule has 1 aliphatic heterocycles. The lowest BCUT2D eigenvalue weighted by Crippen LogP contribution is -2.26. The summed E-state index contributed by atoms with van der Waals surface area (Å²) in [5.74, 6) is 0.801. The van der Waals surface area contributed by atoms with Crippen molar-refractivity contribution in [2.75, 3.05) is 13.2 Å². The van der Waals surface area contributed by atoms with Crippen LogP contribution in [0.5, 0.6) is 11.5 Å². The van der Waals surface area contributed by atoms with E-state index in [1.54, 1.807) is 25.1 Å². The van der Waals surface area contributed by atoms with Gasteiger partial charge in [0.2, 0.25) is 0 Å². The molecule has 2 aromatic carbocycles. The fraction of sp³-hybridized carbons (Fsp3) is 0.238.